The molecule has 0 saturated carbocycles. The molecule has 4 heteroatoms. The Kier molecular flexibility index (Phi) is 3.92. The quantitative estimate of drug-likeness (QED) is 0.926. The maximum absolute atomic E-state index is 9.12. The molecule has 1 N–H and O–H groups in total. The molecule has 20 heavy (non-hydrogen) atoms. The Bertz CT molecular complexity index is 541. The summed E-state index contributed by atoms with van der Waals surface area (Å²) in [6.45, 7) is 1.21. The van der Waals surface area contributed by atoms with E-state index in [9.17, 15) is 0 Å². The fourth-order valence-corrected chi connectivity index (χ4v) is 2.80. The minimum absolute atomic E-state index is 0.225. The minimum atomic E-state index is 0.225. The lowest BCUT2D eigenvalue weighted by atomic mass is 10.1. The Labute approximate surface area is 119 Å². The van der Waals surface area contributed by atoms with Crippen LogP contribution in [0.3, 0.4) is 0 Å². The van der Waals surface area contributed by atoms with Crippen molar-refractivity contribution in [2.45, 2.75) is 25.3 Å². The fraction of sp³-hybridized carbons (Fsp3) is 0.375. The van der Waals surface area contributed by atoms with Crippen molar-refractivity contribution in [2.75, 3.05) is 18.1 Å². The summed E-state index contributed by atoms with van der Waals surface area (Å²) in [5.41, 5.74) is 2.17. The van der Waals surface area contributed by atoms with Crippen molar-refractivity contribution in [2.24, 2.45) is 0 Å². The molecule has 1 aliphatic rings. The second-order valence-corrected chi connectivity index (χ2v) is 5.14. The molecule has 2 heterocycles. The van der Waals surface area contributed by atoms with Crippen molar-refractivity contribution < 1.29 is 5.11 Å². The largest absolute Gasteiger partial charge is 0.396 e. The maximum atomic E-state index is 9.12. The molecule has 1 aromatic heterocycles. The molecule has 0 bridgehead atoms. The van der Waals surface area contributed by atoms with Gasteiger partial charge in [-0.05, 0) is 24.8 Å². The highest BCUT2D eigenvalue weighted by molar-refractivity contribution is 5.61. The molecule has 1 atom stereocenters. The van der Waals surface area contributed by atoms with Gasteiger partial charge in [0.2, 0.25) is 5.95 Å². The first kappa shape index (κ1) is 13.1. The van der Waals surface area contributed by atoms with Gasteiger partial charge in [-0.2, -0.15) is 0 Å². The molecule has 1 aromatic carbocycles. The third kappa shape index (κ3) is 2.65. The summed E-state index contributed by atoms with van der Waals surface area (Å²) >= 11 is 0. The van der Waals surface area contributed by atoms with Gasteiger partial charge >= 0.3 is 0 Å². The van der Waals surface area contributed by atoms with Gasteiger partial charge in [0.15, 0.2) is 0 Å². The van der Waals surface area contributed by atoms with E-state index in [1.165, 1.54) is 0 Å². The third-order valence-corrected chi connectivity index (χ3v) is 3.84. The molecule has 0 amide bonds. The monoisotopic (exact) mass is 269 g/mol. The van der Waals surface area contributed by atoms with Crippen LogP contribution in [0.5, 0.6) is 0 Å². The number of aromatic nitrogens is 2. The maximum Gasteiger partial charge on any atom is 0.225 e. The van der Waals surface area contributed by atoms with Crippen LogP contribution in [0.15, 0.2) is 42.7 Å². The zero-order chi connectivity index (χ0) is 13.8. The Balaban J connectivity index is 1.79. The second-order valence-electron chi connectivity index (χ2n) is 5.14. The molecule has 0 aliphatic carbocycles. The van der Waals surface area contributed by atoms with E-state index in [1.807, 2.05) is 30.6 Å². The summed E-state index contributed by atoms with van der Waals surface area (Å²) in [4.78, 5) is 11.2. The standard InChI is InChI=1S/C16H19N3O/c20-10-8-15-7-4-9-19(15)16-17-11-14(12-18-16)13-5-2-1-3-6-13/h1-3,5-6,11-12,15,20H,4,7-10H2. The number of aliphatic hydroxyl groups excluding tert-OH is 1. The van der Waals surface area contributed by atoms with Crippen molar-refractivity contribution in [3.8, 4) is 11.1 Å². The first-order valence-corrected chi connectivity index (χ1v) is 7.13. The molecule has 3 rings (SSSR count). The van der Waals surface area contributed by atoms with Crippen LogP contribution in [0.1, 0.15) is 19.3 Å². The van der Waals surface area contributed by atoms with Crippen LogP contribution in [-0.4, -0.2) is 34.3 Å². The summed E-state index contributed by atoms with van der Waals surface area (Å²) in [7, 11) is 0. The molecule has 1 aliphatic heterocycles. The van der Waals surface area contributed by atoms with Crippen LogP contribution in [0.2, 0.25) is 0 Å². The lowest BCUT2D eigenvalue weighted by molar-refractivity contribution is 0.275. The molecule has 4 nitrogen and oxygen atoms in total. The minimum Gasteiger partial charge on any atom is -0.396 e. The summed E-state index contributed by atoms with van der Waals surface area (Å²) in [5.74, 6) is 0.778. The predicted octanol–water partition coefficient (Wildman–Crippen LogP) is 2.49. The van der Waals surface area contributed by atoms with Crippen LogP contribution in [-0.2, 0) is 0 Å². The van der Waals surface area contributed by atoms with Crippen molar-refractivity contribution in [3.05, 3.63) is 42.7 Å². The topological polar surface area (TPSA) is 49.2 Å². The van der Waals surface area contributed by atoms with Crippen molar-refractivity contribution in [3.63, 3.8) is 0 Å². The van der Waals surface area contributed by atoms with Gasteiger partial charge in [0, 0.05) is 37.2 Å². The molecule has 1 fully saturated rings. The van der Waals surface area contributed by atoms with E-state index in [-0.39, 0.29) is 6.61 Å². The highest BCUT2D eigenvalue weighted by Gasteiger charge is 2.25. The average molecular weight is 269 g/mol. The number of anilines is 1. The van der Waals surface area contributed by atoms with Crippen molar-refractivity contribution in [1.29, 1.82) is 0 Å². The van der Waals surface area contributed by atoms with Gasteiger partial charge < -0.3 is 10.0 Å². The van der Waals surface area contributed by atoms with Crippen LogP contribution in [0.4, 0.5) is 5.95 Å². The molecule has 0 radical (unpaired) electrons. The average Bonchev–Trinajstić information content (AvgIpc) is 2.97. The molecule has 2 aromatic rings. The number of nitrogens with zero attached hydrogens (tertiary/aromatic N) is 3. The summed E-state index contributed by atoms with van der Waals surface area (Å²) in [6.07, 6.45) is 6.82. The van der Waals surface area contributed by atoms with E-state index < -0.39 is 0 Å². The first-order valence-electron chi connectivity index (χ1n) is 7.13. The van der Waals surface area contributed by atoms with Crippen LogP contribution in [0, 0.1) is 0 Å². The zero-order valence-electron chi connectivity index (χ0n) is 11.4. The normalized spacial score (nSPS) is 18.4. The van der Waals surface area contributed by atoms with E-state index >= 15 is 0 Å². The smallest absolute Gasteiger partial charge is 0.225 e. The number of rotatable bonds is 4. The van der Waals surface area contributed by atoms with Gasteiger partial charge in [-0.25, -0.2) is 9.97 Å². The summed E-state index contributed by atoms with van der Waals surface area (Å²) < 4.78 is 0. The number of hydrogen-bond acceptors (Lipinski definition) is 4. The van der Waals surface area contributed by atoms with Gasteiger partial charge in [0.05, 0.1) is 0 Å². The van der Waals surface area contributed by atoms with E-state index in [0.717, 1.165) is 42.9 Å². The molecule has 1 unspecified atom stereocenters. The predicted molar refractivity (Wildman–Crippen MR) is 79.5 cm³/mol. The van der Waals surface area contributed by atoms with Gasteiger partial charge in [0.25, 0.3) is 0 Å². The SMILES string of the molecule is OCCC1CCCN1c1ncc(-c2ccccc2)cn1. The molecular weight excluding hydrogens is 250 g/mol. The van der Waals surface area contributed by atoms with E-state index in [0.29, 0.717) is 6.04 Å². The lowest BCUT2D eigenvalue weighted by Gasteiger charge is -2.23. The van der Waals surface area contributed by atoms with Gasteiger partial charge in [-0.3, -0.25) is 0 Å². The molecule has 0 spiro atoms. The Hall–Kier alpha value is -1.94. The summed E-state index contributed by atoms with van der Waals surface area (Å²) in [6, 6.07) is 10.5. The second kappa shape index (κ2) is 6.01. The van der Waals surface area contributed by atoms with Gasteiger partial charge in [-0.1, -0.05) is 30.3 Å². The lowest BCUT2D eigenvalue weighted by Crippen LogP contribution is -2.31. The van der Waals surface area contributed by atoms with Crippen molar-refractivity contribution in [1.82, 2.24) is 9.97 Å². The first-order chi connectivity index (χ1) is 9.88. The van der Waals surface area contributed by atoms with Gasteiger partial charge in [0.1, 0.15) is 0 Å². The summed E-state index contributed by atoms with van der Waals surface area (Å²) in [5, 5.41) is 9.12. The van der Waals surface area contributed by atoms with E-state index in [4.69, 9.17) is 5.11 Å². The van der Waals surface area contributed by atoms with E-state index in [2.05, 4.69) is 27.0 Å². The Morgan fingerprint density at radius 1 is 1.10 bits per heavy atom. The molecule has 1 saturated heterocycles. The third-order valence-electron chi connectivity index (χ3n) is 3.84. The Morgan fingerprint density at radius 2 is 1.85 bits per heavy atom. The number of benzene rings is 1. The highest BCUT2D eigenvalue weighted by Crippen LogP contribution is 2.25. The van der Waals surface area contributed by atoms with E-state index in [1.54, 1.807) is 0 Å². The number of hydrogen-bond donors (Lipinski definition) is 1. The van der Waals surface area contributed by atoms with Crippen LogP contribution >= 0.6 is 0 Å². The van der Waals surface area contributed by atoms with Gasteiger partial charge in [-0.15, -0.1) is 0 Å². The highest BCUT2D eigenvalue weighted by atomic mass is 16.3. The van der Waals surface area contributed by atoms with Crippen LogP contribution < -0.4 is 4.90 Å². The Morgan fingerprint density at radius 3 is 2.55 bits per heavy atom. The van der Waals surface area contributed by atoms with Crippen molar-refractivity contribution >= 4 is 5.95 Å². The fourth-order valence-electron chi connectivity index (χ4n) is 2.80. The zero-order valence-corrected chi connectivity index (χ0v) is 11.4. The van der Waals surface area contributed by atoms with Crippen LogP contribution in [0.25, 0.3) is 11.1 Å². The molecule has 104 valence electrons. The molecular formula is C16H19N3O. The number of aliphatic hydroxyl groups is 1.